The quantitative estimate of drug-likeness (QED) is 0.731. The minimum atomic E-state index is -3.51. The molecule has 1 aromatic rings. The smallest absolute Gasteiger partial charge is 0.248 e. The van der Waals surface area contributed by atoms with E-state index in [-0.39, 0.29) is 10.7 Å². The molecule has 0 bridgehead atoms. The Morgan fingerprint density at radius 1 is 1.56 bits per heavy atom. The van der Waals surface area contributed by atoms with E-state index in [1.807, 2.05) is 13.0 Å². The summed E-state index contributed by atoms with van der Waals surface area (Å²) >= 11 is 0. The van der Waals surface area contributed by atoms with Crippen molar-refractivity contribution in [2.45, 2.75) is 18.2 Å². The van der Waals surface area contributed by atoms with E-state index in [0.29, 0.717) is 13.1 Å². The third-order valence-corrected chi connectivity index (χ3v) is 4.42. The fraction of sp³-hybridized carbons (Fsp3) is 0.444. The molecule has 0 radical (unpaired) electrons. The largest absolute Gasteiger partial charge is 0.383 e. The summed E-state index contributed by atoms with van der Waals surface area (Å²) in [7, 11) is -3.51. The van der Waals surface area contributed by atoms with Gasteiger partial charge >= 0.3 is 0 Å². The Labute approximate surface area is 94.2 Å². The number of nitrogens with one attached hydrogen (secondary N) is 1. The summed E-state index contributed by atoms with van der Waals surface area (Å²) in [6.07, 6.45) is 4.03. The van der Waals surface area contributed by atoms with Crippen molar-refractivity contribution in [3.05, 3.63) is 17.8 Å². The summed E-state index contributed by atoms with van der Waals surface area (Å²) in [4.78, 5) is 0.0576. The zero-order valence-corrected chi connectivity index (χ0v) is 9.79. The van der Waals surface area contributed by atoms with Crippen molar-refractivity contribution in [3.8, 4) is 0 Å². The van der Waals surface area contributed by atoms with Gasteiger partial charge in [-0.1, -0.05) is 11.6 Å². The van der Waals surface area contributed by atoms with Gasteiger partial charge in [-0.15, -0.1) is 0 Å². The van der Waals surface area contributed by atoms with E-state index < -0.39 is 10.0 Å². The minimum absolute atomic E-state index is 0.0576. The van der Waals surface area contributed by atoms with Gasteiger partial charge in [0.2, 0.25) is 10.0 Å². The van der Waals surface area contributed by atoms with E-state index in [2.05, 4.69) is 10.2 Å². The van der Waals surface area contributed by atoms with E-state index in [1.165, 1.54) is 10.5 Å². The van der Waals surface area contributed by atoms with E-state index in [0.717, 1.165) is 12.0 Å². The van der Waals surface area contributed by atoms with E-state index >= 15 is 0 Å². The zero-order chi connectivity index (χ0) is 11.8. The number of nitrogen functional groups attached to an aromatic ring is 1. The molecule has 7 heteroatoms. The molecule has 0 fully saturated rings. The Balaban J connectivity index is 2.34. The van der Waals surface area contributed by atoms with Crippen LogP contribution in [0.25, 0.3) is 0 Å². The molecule has 88 valence electrons. The standard InChI is InChI=1S/C9H14N4O2S/c1-7-3-2-4-13(6-7)16(14,15)8-5-11-12-9(8)10/h3,5H,2,4,6H2,1H3,(H3,10,11,12). The SMILES string of the molecule is CC1=CCCN(S(=O)(=O)c2cn[nH]c2N)C1. The van der Waals surface area contributed by atoms with Crippen molar-refractivity contribution in [1.29, 1.82) is 0 Å². The molecule has 0 saturated heterocycles. The number of nitrogens with zero attached hydrogens (tertiary/aromatic N) is 2. The van der Waals surface area contributed by atoms with Crippen LogP contribution in [-0.4, -0.2) is 36.0 Å². The maximum Gasteiger partial charge on any atom is 0.248 e. The Hall–Kier alpha value is -1.34. The number of hydrogen-bond acceptors (Lipinski definition) is 4. The lowest BCUT2D eigenvalue weighted by molar-refractivity contribution is 0.428. The van der Waals surface area contributed by atoms with Gasteiger partial charge in [0.1, 0.15) is 10.7 Å². The van der Waals surface area contributed by atoms with Crippen LogP contribution < -0.4 is 5.73 Å². The highest BCUT2D eigenvalue weighted by atomic mass is 32.2. The van der Waals surface area contributed by atoms with E-state index in [4.69, 9.17) is 5.73 Å². The summed E-state index contributed by atoms with van der Waals surface area (Å²) in [5.74, 6) is 0.0900. The topological polar surface area (TPSA) is 92.1 Å². The second kappa shape index (κ2) is 3.91. The lowest BCUT2D eigenvalue weighted by Gasteiger charge is -2.24. The van der Waals surface area contributed by atoms with Gasteiger partial charge < -0.3 is 5.73 Å². The second-order valence-electron chi connectivity index (χ2n) is 3.83. The molecule has 2 rings (SSSR count). The van der Waals surface area contributed by atoms with Gasteiger partial charge in [0, 0.05) is 13.1 Å². The first-order valence-corrected chi connectivity index (χ1v) is 6.40. The molecular formula is C9H14N4O2S. The molecule has 0 amide bonds. The van der Waals surface area contributed by atoms with Crippen LogP contribution in [0.2, 0.25) is 0 Å². The molecule has 1 aliphatic heterocycles. The van der Waals surface area contributed by atoms with Crippen LogP contribution in [-0.2, 0) is 10.0 Å². The molecule has 0 spiro atoms. The molecular weight excluding hydrogens is 228 g/mol. The average Bonchev–Trinajstić information content (AvgIpc) is 2.65. The van der Waals surface area contributed by atoms with Gasteiger partial charge in [-0.25, -0.2) is 8.42 Å². The number of hydrogen-bond donors (Lipinski definition) is 2. The number of aromatic nitrogens is 2. The van der Waals surface area contributed by atoms with Crippen LogP contribution in [0.3, 0.4) is 0 Å². The highest BCUT2D eigenvalue weighted by molar-refractivity contribution is 7.89. The monoisotopic (exact) mass is 242 g/mol. The first kappa shape index (κ1) is 11.2. The summed E-state index contributed by atoms with van der Waals surface area (Å²) < 4.78 is 25.8. The zero-order valence-electron chi connectivity index (χ0n) is 8.97. The number of H-pyrrole nitrogens is 1. The third kappa shape index (κ3) is 1.83. The van der Waals surface area contributed by atoms with Gasteiger partial charge in [-0.3, -0.25) is 5.10 Å². The van der Waals surface area contributed by atoms with Crippen LogP contribution in [0.4, 0.5) is 5.82 Å². The lowest BCUT2D eigenvalue weighted by atomic mass is 10.2. The Morgan fingerprint density at radius 2 is 2.31 bits per heavy atom. The first-order chi connectivity index (χ1) is 7.51. The minimum Gasteiger partial charge on any atom is -0.383 e. The number of nitrogens with two attached hydrogens (primary N) is 1. The summed E-state index contributed by atoms with van der Waals surface area (Å²) in [5, 5.41) is 6.06. The number of sulfonamides is 1. The maximum absolute atomic E-state index is 12.2. The third-order valence-electron chi connectivity index (χ3n) is 2.55. The fourth-order valence-electron chi connectivity index (χ4n) is 1.71. The summed E-state index contributed by atoms with van der Waals surface area (Å²) in [6.45, 7) is 2.83. The molecule has 0 atom stereocenters. The van der Waals surface area contributed by atoms with Gasteiger partial charge in [-0.05, 0) is 13.3 Å². The molecule has 16 heavy (non-hydrogen) atoms. The predicted octanol–water partition coefficient (Wildman–Crippen LogP) is 0.333. The molecule has 6 nitrogen and oxygen atoms in total. The van der Waals surface area contributed by atoms with Crippen molar-refractivity contribution in [1.82, 2.24) is 14.5 Å². The Kier molecular flexibility index (Phi) is 2.73. The highest BCUT2D eigenvalue weighted by Crippen LogP contribution is 2.22. The molecule has 2 heterocycles. The van der Waals surface area contributed by atoms with Crippen LogP contribution in [0.15, 0.2) is 22.7 Å². The molecule has 3 N–H and O–H groups in total. The van der Waals surface area contributed by atoms with E-state index in [9.17, 15) is 8.42 Å². The van der Waals surface area contributed by atoms with Gasteiger partial charge in [0.15, 0.2) is 0 Å². The molecule has 0 aromatic carbocycles. The van der Waals surface area contributed by atoms with Crippen molar-refractivity contribution in [2.75, 3.05) is 18.8 Å². The highest BCUT2D eigenvalue weighted by Gasteiger charge is 2.28. The van der Waals surface area contributed by atoms with Crippen LogP contribution in [0.5, 0.6) is 0 Å². The van der Waals surface area contributed by atoms with Gasteiger partial charge in [0.25, 0.3) is 0 Å². The number of anilines is 1. The molecule has 0 aliphatic carbocycles. The Morgan fingerprint density at radius 3 is 2.88 bits per heavy atom. The summed E-state index contributed by atoms with van der Waals surface area (Å²) in [6, 6.07) is 0. The predicted molar refractivity (Wildman–Crippen MR) is 60.1 cm³/mol. The summed E-state index contributed by atoms with van der Waals surface area (Å²) in [5.41, 5.74) is 6.58. The number of aromatic amines is 1. The van der Waals surface area contributed by atoms with Crippen molar-refractivity contribution in [2.24, 2.45) is 0 Å². The van der Waals surface area contributed by atoms with E-state index in [1.54, 1.807) is 0 Å². The maximum atomic E-state index is 12.2. The number of rotatable bonds is 2. The fourth-order valence-corrected chi connectivity index (χ4v) is 3.22. The van der Waals surface area contributed by atoms with Crippen LogP contribution in [0.1, 0.15) is 13.3 Å². The van der Waals surface area contributed by atoms with Crippen LogP contribution >= 0.6 is 0 Å². The normalized spacial score (nSPS) is 18.4. The molecule has 0 saturated carbocycles. The molecule has 1 aliphatic rings. The second-order valence-corrected chi connectivity index (χ2v) is 5.73. The average molecular weight is 242 g/mol. The van der Waals surface area contributed by atoms with Crippen LogP contribution in [0, 0.1) is 0 Å². The van der Waals surface area contributed by atoms with Gasteiger partial charge in [0.05, 0.1) is 6.20 Å². The Bertz CT molecular complexity index is 517. The molecule has 1 aromatic heterocycles. The van der Waals surface area contributed by atoms with Crippen molar-refractivity contribution < 1.29 is 8.42 Å². The van der Waals surface area contributed by atoms with Crippen molar-refractivity contribution >= 4 is 15.8 Å². The van der Waals surface area contributed by atoms with Crippen molar-refractivity contribution in [3.63, 3.8) is 0 Å². The lowest BCUT2D eigenvalue weighted by Crippen LogP contribution is -2.35. The van der Waals surface area contributed by atoms with Gasteiger partial charge in [-0.2, -0.15) is 9.40 Å². The molecule has 0 unspecified atom stereocenters. The first-order valence-electron chi connectivity index (χ1n) is 4.96.